The van der Waals surface area contributed by atoms with Crippen LogP contribution in [-0.4, -0.2) is 30.8 Å². The number of aryl methyl sites for hydroxylation is 1. The third-order valence-corrected chi connectivity index (χ3v) is 4.44. The minimum Gasteiger partial charge on any atom is -0.478 e. The zero-order valence-electron chi connectivity index (χ0n) is 16.6. The van der Waals surface area contributed by atoms with Crippen molar-refractivity contribution in [3.05, 3.63) is 65.4 Å². The summed E-state index contributed by atoms with van der Waals surface area (Å²) in [4.78, 5) is 20.7. The number of hydrogen-bond donors (Lipinski definition) is 1. The van der Waals surface area contributed by atoms with Crippen LogP contribution in [0, 0.1) is 5.92 Å². The summed E-state index contributed by atoms with van der Waals surface area (Å²) in [5.41, 5.74) is 2.55. The number of benzene rings is 1. The quantitative estimate of drug-likeness (QED) is 0.634. The molecular formula is C22H26N4O2. The van der Waals surface area contributed by atoms with Crippen molar-refractivity contribution in [1.29, 1.82) is 0 Å². The van der Waals surface area contributed by atoms with Crippen LogP contribution in [0.5, 0.6) is 0 Å². The zero-order chi connectivity index (χ0) is 20.1. The van der Waals surface area contributed by atoms with Crippen molar-refractivity contribution in [2.45, 2.75) is 46.6 Å². The molecule has 0 saturated carbocycles. The van der Waals surface area contributed by atoms with E-state index >= 15 is 0 Å². The molecule has 1 N–H and O–H groups in total. The molecule has 0 atom stereocenters. The maximum absolute atomic E-state index is 11.4. The standard InChI is InChI=1S/C22H26N4O2/c1-4-11-26-21(24-20(25-26)12-15(2)3)13-16-9-10-19(23-14-16)17-7-5-6-8-18(17)22(27)28/h5-10,14-15H,4,11-13H2,1-3H3,(H,27,28). The molecule has 0 spiro atoms. The number of hydrogen-bond acceptors (Lipinski definition) is 4. The molecule has 146 valence electrons. The Hall–Kier alpha value is -3.02. The van der Waals surface area contributed by atoms with Crippen LogP contribution in [-0.2, 0) is 19.4 Å². The summed E-state index contributed by atoms with van der Waals surface area (Å²) < 4.78 is 1.99. The second-order valence-electron chi connectivity index (χ2n) is 7.34. The topological polar surface area (TPSA) is 80.9 Å². The van der Waals surface area contributed by atoms with Gasteiger partial charge in [-0.2, -0.15) is 5.10 Å². The fraction of sp³-hybridized carbons (Fsp3) is 0.364. The molecular weight excluding hydrogens is 352 g/mol. The van der Waals surface area contributed by atoms with Crippen LogP contribution in [0.15, 0.2) is 42.6 Å². The highest BCUT2D eigenvalue weighted by atomic mass is 16.4. The highest BCUT2D eigenvalue weighted by molar-refractivity contribution is 5.95. The number of aromatic nitrogens is 4. The van der Waals surface area contributed by atoms with Crippen LogP contribution in [0.4, 0.5) is 0 Å². The first kappa shape index (κ1) is 19.7. The monoisotopic (exact) mass is 378 g/mol. The number of rotatable bonds is 8. The summed E-state index contributed by atoms with van der Waals surface area (Å²) in [6, 6.07) is 10.8. The van der Waals surface area contributed by atoms with Crippen LogP contribution in [0.25, 0.3) is 11.3 Å². The first-order valence-corrected chi connectivity index (χ1v) is 9.68. The molecule has 3 aromatic rings. The molecule has 0 aliphatic rings. The summed E-state index contributed by atoms with van der Waals surface area (Å²) >= 11 is 0. The Morgan fingerprint density at radius 1 is 1.18 bits per heavy atom. The number of carboxylic acids is 1. The van der Waals surface area contributed by atoms with Gasteiger partial charge >= 0.3 is 5.97 Å². The van der Waals surface area contributed by atoms with Crippen molar-refractivity contribution < 1.29 is 9.90 Å². The van der Waals surface area contributed by atoms with Gasteiger partial charge < -0.3 is 5.11 Å². The normalized spacial score (nSPS) is 11.1. The third-order valence-electron chi connectivity index (χ3n) is 4.44. The Morgan fingerprint density at radius 2 is 1.96 bits per heavy atom. The number of carboxylic acid groups (broad SMARTS) is 1. The van der Waals surface area contributed by atoms with Gasteiger partial charge in [0.05, 0.1) is 11.3 Å². The third kappa shape index (κ3) is 4.63. The van der Waals surface area contributed by atoms with Gasteiger partial charge in [0.2, 0.25) is 0 Å². The van der Waals surface area contributed by atoms with Gasteiger partial charge in [0, 0.05) is 31.1 Å². The van der Waals surface area contributed by atoms with E-state index in [9.17, 15) is 9.90 Å². The minimum atomic E-state index is -0.952. The molecule has 6 nitrogen and oxygen atoms in total. The second kappa shape index (κ2) is 8.78. The van der Waals surface area contributed by atoms with Crippen LogP contribution in [0.3, 0.4) is 0 Å². The fourth-order valence-corrected chi connectivity index (χ4v) is 3.16. The Labute approximate surface area is 165 Å². The lowest BCUT2D eigenvalue weighted by Crippen LogP contribution is -2.06. The van der Waals surface area contributed by atoms with Gasteiger partial charge in [-0.3, -0.25) is 4.98 Å². The van der Waals surface area contributed by atoms with Gasteiger partial charge in [0.1, 0.15) is 5.82 Å². The van der Waals surface area contributed by atoms with Crippen molar-refractivity contribution in [2.75, 3.05) is 0 Å². The van der Waals surface area contributed by atoms with Crippen LogP contribution < -0.4 is 0 Å². The second-order valence-corrected chi connectivity index (χ2v) is 7.34. The first-order valence-electron chi connectivity index (χ1n) is 9.68. The van der Waals surface area contributed by atoms with E-state index in [2.05, 4.69) is 30.9 Å². The molecule has 0 amide bonds. The lowest BCUT2D eigenvalue weighted by molar-refractivity contribution is 0.0697. The maximum atomic E-state index is 11.4. The Morgan fingerprint density at radius 3 is 2.61 bits per heavy atom. The smallest absolute Gasteiger partial charge is 0.336 e. The molecule has 2 heterocycles. The summed E-state index contributed by atoms with van der Waals surface area (Å²) in [5.74, 6) is 1.39. The molecule has 0 aliphatic carbocycles. The Balaban J connectivity index is 1.83. The molecule has 0 unspecified atom stereocenters. The summed E-state index contributed by atoms with van der Waals surface area (Å²) in [7, 11) is 0. The highest BCUT2D eigenvalue weighted by Gasteiger charge is 2.14. The van der Waals surface area contributed by atoms with E-state index in [0.717, 1.165) is 36.6 Å². The molecule has 0 saturated heterocycles. The van der Waals surface area contributed by atoms with Crippen molar-refractivity contribution in [1.82, 2.24) is 19.7 Å². The average molecular weight is 378 g/mol. The van der Waals surface area contributed by atoms with Gasteiger partial charge in [-0.05, 0) is 30.0 Å². The summed E-state index contributed by atoms with van der Waals surface area (Å²) in [5, 5.41) is 14.0. The van der Waals surface area contributed by atoms with E-state index in [1.165, 1.54) is 0 Å². The highest BCUT2D eigenvalue weighted by Crippen LogP contribution is 2.22. The molecule has 0 radical (unpaired) electrons. The predicted octanol–water partition coefficient (Wildman–Crippen LogP) is 4.24. The number of nitrogens with zero attached hydrogens (tertiary/aromatic N) is 4. The zero-order valence-corrected chi connectivity index (χ0v) is 16.6. The van der Waals surface area contributed by atoms with Crippen molar-refractivity contribution in [3.63, 3.8) is 0 Å². The number of aromatic carboxylic acids is 1. The lowest BCUT2D eigenvalue weighted by atomic mass is 10.0. The van der Waals surface area contributed by atoms with E-state index in [-0.39, 0.29) is 5.56 Å². The van der Waals surface area contributed by atoms with E-state index in [1.54, 1.807) is 24.4 Å². The van der Waals surface area contributed by atoms with Gasteiger partial charge in [-0.15, -0.1) is 0 Å². The number of carbonyl (C=O) groups is 1. The van der Waals surface area contributed by atoms with Gasteiger partial charge in [0.25, 0.3) is 0 Å². The maximum Gasteiger partial charge on any atom is 0.336 e. The Bertz CT molecular complexity index is 945. The van der Waals surface area contributed by atoms with E-state index in [4.69, 9.17) is 4.98 Å². The Kier molecular flexibility index (Phi) is 6.19. The van der Waals surface area contributed by atoms with Crippen LogP contribution in [0.2, 0.25) is 0 Å². The largest absolute Gasteiger partial charge is 0.478 e. The molecule has 0 fully saturated rings. The fourth-order valence-electron chi connectivity index (χ4n) is 3.16. The molecule has 1 aromatic carbocycles. The van der Waals surface area contributed by atoms with Gasteiger partial charge in [-0.1, -0.05) is 45.0 Å². The van der Waals surface area contributed by atoms with Gasteiger partial charge in [-0.25, -0.2) is 14.5 Å². The van der Waals surface area contributed by atoms with E-state index < -0.39 is 5.97 Å². The van der Waals surface area contributed by atoms with Crippen molar-refractivity contribution in [3.8, 4) is 11.3 Å². The first-order chi connectivity index (χ1) is 13.5. The molecule has 6 heteroatoms. The summed E-state index contributed by atoms with van der Waals surface area (Å²) in [6.45, 7) is 7.30. The SMILES string of the molecule is CCCn1nc(CC(C)C)nc1Cc1ccc(-c2ccccc2C(=O)O)nc1. The van der Waals surface area contributed by atoms with E-state index in [1.807, 2.05) is 22.9 Å². The number of pyridine rings is 1. The van der Waals surface area contributed by atoms with Crippen molar-refractivity contribution >= 4 is 5.97 Å². The van der Waals surface area contributed by atoms with Crippen LogP contribution in [0.1, 0.15) is 54.8 Å². The summed E-state index contributed by atoms with van der Waals surface area (Å²) in [6.07, 6.45) is 4.31. The molecule has 3 rings (SSSR count). The van der Waals surface area contributed by atoms with Crippen molar-refractivity contribution in [2.24, 2.45) is 5.92 Å². The van der Waals surface area contributed by atoms with E-state index in [0.29, 0.717) is 23.6 Å². The molecule has 28 heavy (non-hydrogen) atoms. The van der Waals surface area contributed by atoms with Gasteiger partial charge in [0.15, 0.2) is 5.82 Å². The predicted molar refractivity (Wildman–Crippen MR) is 108 cm³/mol. The average Bonchev–Trinajstić information content (AvgIpc) is 3.03. The minimum absolute atomic E-state index is 0.253. The lowest BCUT2D eigenvalue weighted by Gasteiger charge is -2.07. The molecule has 0 bridgehead atoms. The molecule has 0 aliphatic heterocycles. The molecule has 2 aromatic heterocycles. The van der Waals surface area contributed by atoms with Crippen LogP contribution >= 0.6 is 0 Å².